The molecule has 1 saturated carbocycles. The molecule has 1 aromatic carbocycles. The van der Waals surface area contributed by atoms with Gasteiger partial charge in [0.2, 0.25) is 5.91 Å². The third-order valence-electron chi connectivity index (χ3n) is 3.65. The average Bonchev–Trinajstić information content (AvgIpc) is 2.66. The third kappa shape index (κ3) is 4.95. The van der Waals surface area contributed by atoms with E-state index >= 15 is 0 Å². The molecule has 3 nitrogen and oxygen atoms in total. The van der Waals surface area contributed by atoms with Crippen molar-refractivity contribution in [1.29, 1.82) is 0 Å². The van der Waals surface area contributed by atoms with E-state index in [0.29, 0.717) is 4.47 Å². The van der Waals surface area contributed by atoms with Crippen molar-refractivity contribution in [2.75, 3.05) is 11.9 Å². The fraction of sp³-hybridized carbons (Fsp3) is 0.533. The Labute approximate surface area is 131 Å². The van der Waals surface area contributed by atoms with E-state index in [1.54, 1.807) is 0 Å². The zero-order valence-corrected chi connectivity index (χ0v) is 13.3. The molecular formula is C15H19BrF2N2O. The fourth-order valence-corrected chi connectivity index (χ4v) is 2.98. The highest BCUT2D eigenvalue weighted by Crippen LogP contribution is 2.23. The van der Waals surface area contributed by atoms with Crippen LogP contribution in [-0.2, 0) is 4.79 Å². The smallest absolute Gasteiger partial charge is 0.239 e. The van der Waals surface area contributed by atoms with Gasteiger partial charge in [0.05, 0.1) is 6.54 Å². The van der Waals surface area contributed by atoms with E-state index in [2.05, 4.69) is 26.6 Å². The summed E-state index contributed by atoms with van der Waals surface area (Å²) in [4.78, 5) is 11.9. The number of nitrogens with one attached hydrogen (secondary N) is 2. The van der Waals surface area contributed by atoms with Crippen LogP contribution in [0.25, 0.3) is 0 Å². The van der Waals surface area contributed by atoms with Gasteiger partial charge in [0.25, 0.3) is 0 Å². The molecule has 0 saturated heterocycles. The van der Waals surface area contributed by atoms with Crippen LogP contribution in [-0.4, -0.2) is 18.5 Å². The van der Waals surface area contributed by atoms with Gasteiger partial charge in [0.15, 0.2) is 0 Å². The molecule has 0 heterocycles. The second-order valence-electron chi connectivity index (χ2n) is 5.35. The highest BCUT2D eigenvalue weighted by molar-refractivity contribution is 9.10. The van der Waals surface area contributed by atoms with Crippen molar-refractivity contribution in [2.24, 2.45) is 0 Å². The average molecular weight is 361 g/mol. The number of hydrogen-bond donors (Lipinski definition) is 2. The van der Waals surface area contributed by atoms with E-state index in [0.717, 1.165) is 37.8 Å². The van der Waals surface area contributed by atoms with Crippen LogP contribution in [0.1, 0.15) is 38.5 Å². The molecule has 21 heavy (non-hydrogen) atoms. The molecule has 116 valence electrons. The van der Waals surface area contributed by atoms with Gasteiger partial charge in [0, 0.05) is 10.5 Å². The molecule has 0 bridgehead atoms. The molecule has 2 rings (SSSR count). The Morgan fingerprint density at radius 3 is 2.29 bits per heavy atom. The van der Waals surface area contributed by atoms with E-state index < -0.39 is 11.6 Å². The quantitative estimate of drug-likeness (QED) is 0.797. The first-order valence-corrected chi connectivity index (χ1v) is 8.03. The van der Waals surface area contributed by atoms with Gasteiger partial charge in [-0.05, 0) is 25.0 Å². The minimum absolute atomic E-state index is 0.133. The minimum atomic E-state index is -0.718. The number of anilines is 1. The Morgan fingerprint density at radius 1 is 1.14 bits per heavy atom. The van der Waals surface area contributed by atoms with Crippen LogP contribution in [0, 0.1) is 11.6 Å². The zero-order valence-electron chi connectivity index (χ0n) is 11.7. The second kappa shape index (κ2) is 7.73. The molecule has 1 aromatic rings. The van der Waals surface area contributed by atoms with Crippen LogP contribution in [0.15, 0.2) is 16.6 Å². The van der Waals surface area contributed by atoms with Crippen molar-refractivity contribution in [3.05, 3.63) is 28.2 Å². The summed E-state index contributed by atoms with van der Waals surface area (Å²) in [6.07, 6.45) is 6.61. The topological polar surface area (TPSA) is 41.1 Å². The zero-order chi connectivity index (χ0) is 15.2. The lowest BCUT2D eigenvalue weighted by Crippen LogP contribution is -2.38. The van der Waals surface area contributed by atoms with E-state index in [4.69, 9.17) is 0 Å². The lowest BCUT2D eigenvalue weighted by molar-refractivity contribution is -0.120. The van der Waals surface area contributed by atoms with E-state index in [1.165, 1.54) is 12.8 Å². The third-order valence-corrected chi connectivity index (χ3v) is 4.11. The van der Waals surface area contributed by atoms with Crippen molar-refractivity contribution in [2.45, 2.75) is 44.6 Å². The summed E-state index contributed by atoms with van der Waals surface area (Å²) in [6, 6.07) is 2.50. The van der Waals surface area contributed by atoms with Crippen molar-refractivity contribution >= 4 is 27.5 Å². The van der Waals surface area contributed by atoms with Crippen LogP contribution in [0.3, 0.4) is 0 Å². The van der Waals surface area contributed by atoms with Crippen LogP contribution < -0.4 is 10.6 Å². The summed E-state index contributed by atoms with van der Waals surface area (Å²) in [7, 11) is 0. The SMILES string of the molecule is O=C(CNc1c(F)cc(Br)cc1F)NC1CCCCCC1. The Balaban J connectivity index is 1.86. The van der Waals surface area contributed by atoms with Gasteiger partial charge in [0.1, 0.15) is 17.3 Å². The molecule has 1 amide bonds. The molecule has 6 heteroatoms. The highest BCUT2D eigenvalue weighted by atomic mass is 79.9. The largest absolute Gasteiger partial charge is 0.371 e. The van der Waals surface area contributed by atoms with Crippen LogP contribution in [0.2, 0.25) is 0 Å². The second-order valence-corrected chi connectivity index (χ2v) is 6.27. The van der Waals surface area contributed by atoms with Gasteiger partial charge in [-0.25, -0.2) is 8.78 Å². The lowest BCUT2D eigenvalue weighted by Gasteiger charge is -2.17. The molecule has 0 unspecified atom stereocenters. The first-order valence-electron chi connectivity index (χ1n) is 7.24. The standard InChI is InChI=1S/C15H19BrF2N2O/c16-10-7-12(17)15(13(18)8-10)19-9-14(21)20-11-5-3-1-2-4-6-11/h7-8,11,19H,1-6,9H2,(H,20,21). The number of halogens is 3. The fourth-order valence-electron chi connectivity index (χ4n) is 2.58. The van der Waals surface area contributed by atoms with Gasteiger partial charge in [-0.15, -0.1) is 0 Å². The summed E-state index contributed by atoms with van der Waals surface area (Å²) in [5, 5.41) is 5.45. The molecule has 0 aliphatic heterocycles. The Bertz CT molecular complexity index is 479. The molecule has 0 aromatic heterocycles. The minimum Gasteiger partial charge on any atom is -0.371 e. The first-order chi connectivity index (χ1) is 10.1. The molecule has 0 radical (unpaired) electrons. The number of rotatable bonds is 4. The highest BCUT2D eigenvalue weighted by Gasteiger charge is 2.16. The van der Waals surface area contributed by atoms with Crippen molar-refractivity contribution in [3.63, 3.8) is 0 Å². The molecule has 0 spiro atoms. The van der Waals surface area contributed by atoms with E-state index in [-0.39, 0.29) is 24.2 Å². The van der Waals surface area contributed by atoms with Gasteiger partial charge in [-0.1, -0.05) is 41.6 Å². The maximum atomic E-state index is 13.6. The van der Waals surface area contributed by atoms with Gasteiger partial charge < -0.3 is 10.6 Å². The Kier molecular flexibility index (Phi) is 5.96. The molecule has 2 N–H and O–H groups in total. The first kappa shape index (κ1) is 16.2. The summed E-state index contributed by atoms with van der Waals surface area (Å²) < 4.78 is 27.5. The summed E-state index contributed by atoms with van der Waals surface area (Å²) in [5.74, 6) is -1.67. The van der Waals surface area contributed by atoms with Crippen molar-refractivity contribution in [3.8, 4) is 0 Å². The van der Waals surface area contributed by atoms with Gasteiger partial charge in [-0.2, -0.15) is 0 Å². The van der Waals surface area contributed by atoms with Gasteiger partial charge in [-0.3, -0.25) is 4.79 Å². The predicted octanol–water partition coefficient (Wildman–Crippen LogP) is 3.98. The van der Waals surface area contributed by atoms with Crippen molar-refractivity contribution < 1.29 is 13.6 Å². The number of amides is 1. The molecule has 1 aliphatic rings. The monoisotopic (exact) mass is 360 g/mol. The van der Waals surface area contributed by atoms with Crippen LogP contribution >= 0.6 is 15.9 Å². The summed E-state index contributed by atoms with van der Waals surface area (Å²) >= 11 is 3.01. The number of hydrogen-bond acceptors (Lipinski definition) is 2. The molecule has 1 fully saturated rings. The van der Waals surface area contributed by atoms with Crippen LogP contribution in [0.4, 0.5) is 14.5 Å². The molecule has 0 atom stereocenters. The Hall–Kier alpha value is -1.17. The van der Waals surface area contributed by atoms with Gasteiger partial charge >= 0.3 is 0 Å². The maximum Gasteiger partial charge on any atom is 0.239 e. The van der Waals surface area contributed by atoms with E-state index in [9.17, 15) is 13.6 Å². The Morgan fingerprint density at radius 2 is 1.71 bits per heavy atom. The normalized spacial score (nSPS) is 16.3. The van der Waals surface area contributed by atoms with Crippen LogP contribution in [0.5, 0.6) is 0 Å². The number of carbonyl (C=O) groups is 1. The maximum absolute atomic E-state index is 13.6. The number of carbonyl (C=O) groups excluding carboxylic acids is 1. The van der Waals surface area contributed by atoms with Crippen molar-refractivity contribution in [1.82, 2.24) is 5.32 Å². The van der Waals surface area contributed by atoms with E-state index in [1.807, 2.05) is 0 Å². The molecular weight excluding hydrogens is 342 g/mol. The predicted molar refractivity (Wildman–Crippen MR) is 82.2 cm³/mol. The number of benzene rings is 1. The lowest BCUT2D eigenvalue weighted by atomic mass is 10.1. The summed E-state index contributed by atoms with van der Waals surface area (Å²) in [5.41, 5.74) is -0.269. The molecule has 1 aliphatic carbocycles. The summed E-state index contributed by atoms with van der Waals surface area (Å²) in [6.45, 7) is -0.133.